The van der Waals surface area contributed by atoms with Crippen LogP contribution in [-0.2, 0) is 0 Å². The Morgan fingerprint density at radius 2 is 1.21 bits per heavy atom. The van der Waals surface area contributed by atoms with Crippen LogP contribution >= 0.6 is 0 Å². The third kappa shape index (κ3) is 2.96. The molecule has 2 aromatic rings. The Labute approximate surface area is 144 Å². The molecule has 4 nitrogen and oxygen atoms in total. The summed E-state index contributed by atoms with van der Waals surface area (Å²) in [6, 6.07) is 9.72. The first-order valence-electron chi connectivity index (χ1n) is 9.05. The highest BCUT2D eigenvalue weighted by Gasteiger charge is 2.24. The minimum Gasteiger partial charge on any atom is -0.299 e. The van der Waals surface area contributed by atoms with Gasteiger partial charge in [0.15, 0.2) is 0 Å². The zero-order chi connectivity index (χ0) is 16.5. The van der Waals surface area contributed by atoms with Crippen LogP contribution < -0.4 is 0 Å². The van der Waals surface area contributed by atoms with Gasteiger partial charge in [0.25, 0.3) is 0 Å². The second-order valence-corrected chi connectivity index (χ2v) is 7.23. The van der Waals surface area contributed by atoms with Crippen molar-refractivity contribution in [2.75, 3.05) is 27.2 Å². The predicted octanol–water partition coefficient (Wildman–Crippen LogP) is 3.68. The average molecular weight is 322 g/mol. The Hall–Kier alpha value is -1.78. The first kappa shape index (κ1) is 15.7. The lowest BCUT2D eigenvalue weighted by molar-refractivity contribution is 0.317. The van der Waals surface area contributed by atoms with E-state index in [0.717, 1.165) is 11.4 Å². The molecule has 2 aliphatic rings. The summed E-state index contributed by atoms with van der Waals surface area (Å²) in [6.45, 7) is 2.37. The second-order valence-electron chi connectivity index (χ2n) is 7.23. The van der Waals surface area contributed by atoms with Gasteiger partial charge in [0, 0.05) is 24.5 Å². The van der Waals surface area contributed by atoms with Crippen molar-refractivity contribution in [2.45, 2.75) is 37.8 Å². The van der Waals surface area contributed by atoms with Gasteiger partial charge < -0.3 is 0 Å². The van der Waals surface area contributed by atoms with Crippen molar-refractivity contribution < 1.29 is 0 Å². The third-order valence-electron chi connectivity index (χ3n) is 5.65. The van der Waals surface area contributed by atoms with Crippen LogP contribution in [0.2, 0.25) is 0 Å². The summed E-state index contributed by atoms with van der Waals surface area (Å²) in [4.78, 5) is 14.2. The fraction of sp³-hybridized carbons (Fsp3) is 0.500. The minimum atomic E-state index is 0.528. The Bertz CT molecular complexity index is 618. The Morgan fingerprint density at radius 1 is 0.750 bits per heavy atom. The van der Waals surface area contributed by atoms with E-state index in [1.54, 1.807) is 0 Å². The second kappa shape index (κ2) is 6.61. The zero-order valence-electron chi connectivity index (χ0n) is 14.7. The summed E-state index contributed by atoms with van der Waals surface area (Å²) in [5, 5.41) is 0. The lowest BCUT2D eigenvalue weighted by atomic mass is 10.0. The van der Waals surface area contributed by atoms with E-state index < -0.39 is 0 Å². The molecule has 4 rings (SSSR count). The molecule has 0 radical (unpaired) electrons. The highest BCUT2D eigenvalue weighted by Crippen LogP contribution is 2.32. The van der Waals surface area contributed by atoms with Crippen LogP contribution in [0.1, 0.15) is 48.9 Å². The minimum absolute atomic E-state index is 0.528. The van der Waals surface area contributed by atoms with Gasteiger partial charge in [-0.1, -0.05) is 12.1 Å². The van der Waals surface area contributed by atoms with Crippen LogP contribution in [0, 0.1) is 0 Å². The molecule has 0 aliphatic carbocycles. The average Bonchev–Trinajstić information content (AvgIpc) is 3.23. The summed E-state index contributed by atoms with van der Waals surface area (Å²) in [6.07, 6.45) is 9.09. The molecule has 4 heteroatoms. The lowest BCUT2D eigenvalue weighted by Gasteiger charge is -2.20. The molecular weight excluding hydrogens is 296 g/mol. The molecule has 2 aliphatic heterocycles. The van der Waals surface area contributed by atoms with Gasteiger partial charge >= 0.3 is 0 Å². The highest BCUT2D eigenvalue weighted by molar-refractivity contribution is 5.54. The molecule has 0 spiro atoms. The molecule has 2 atom stereocenters. The van der Waals surface area contributed by atoms with E-state index in [1.165, 1.54) is 49.9 Å². The molecule has 0 bridgehead atoms. The molecule has 2 saturated heterocycles. The maximum atomic E-state index is 4.67. The third-order valence-corrected chi connectivity index (χ3v) is 5.65. The molecule has 2 fully saturated rings. The van der Waals surface area contributed by atoms with Gasteiger partial charge in [-0.2, -0.15) is 0 Å². The van der Waals surface area contributed by atoms with E-state index in [2.05, 4.69) is 58.1 Å². The highest BCUT2D eigenvalue weighted by atomic mass is 15.1. The summed E-state index contributed by atoms with van der Waals surface area (Å²) in [5.74, 6) is 0. The molecular formula is C20H26N4. The van der Waals surface area contributed by atoms with E-state index in [1.807, 2.05) is 12.4 Å². The number of aromatic nitrogens is 2. The normalized spacial score (nSPS) is 25.4. The number of hydrogen-bond acceptors (Lipinski definition) is 4. The van der Waals surface area contributed by atoms with Crippen LogP contribution in [0.3, 0.4) is 0 Å². The SMILES string of the molecule is CN1CCCC1c1ccc(-c2ccc([C@@H]3CCCN3C)cn2)nc1. The summed E-state index contributed by atoms with van der Waals surface area (Å²) >= 11 is 0. The Balaban J connectivity index is 1.51. The van der Waals surface area contributed by atoms with Crippen molar-refractivity contribution in [1.29, 1.82) is 0 Å². The van der Waals surface area contributed by atoms with Crippen LogP contribution in [0.5, 0.6) is 0 Å². The van der Waals surface area contributed by atoms with Gasteiger partial charge in [0.2, 0.25) is 0 Å². The summed E-state index contributed by atoms with van der Waals surface area (Å²) < 4.78 is 0. The smallest absolute Gasteiger partial charge is 0.0886 e. The Kier molecular flexibility index (Phi) is 4.33. The molecule has 126 valence electrons. The zero-order valence-corrected chi connectivity index (χ0v) is 14.7. The number of hydrogen-bond donors (Lipinski definition) is 0. The van der Waals surface area contributed by atoms with Crippen molar-refractivity contribution in [3.63, 3.8) is 0 Å². The molecule has 24 heavy (non-hydrogen) atoms. The summed E-state index contributed by atoms with van der Waals surface area (Å²) in [5.41, 5.74) is 4.57. The van der Waals surface area contributed by atoms with Gasteiger partial charge in [0.1, 0.15) is 0 Å². The molecule has 0 saturated carbocycles. The molecule has 2 aromatic heterocycles. The van der Waals surface area contributed by atoms with Crippen molar-refractivity contribution in [3.8, 4) is 11.4 Å². The monoisotopic (exact) mass is 322 g/mol. The van der Waals surface area contributed by atoms with Crippen molar-refractivity contribution in [3.05, 3.63) is 47.8 Å². The van der Waals surface area contributed by atoms with E-state index in [0.29, 0.717) is 12.1 Å². The molecule has 0 N–H and O–H groups in total. The largest absolute Gasteiger partial charge is 0.299 e. The lowest BCUT2D eigenvalue weighted by Crippen LogP contribution is -2.17. The number of nitrogens with zero attached hydrogens (tertiary/aromatic N) is 4. The number of likely N-dealkylation sites (tertiary alicyclic amines) is 2. The topological polar surface area (TPSA) is 32.3 Å². The van der Waals surface area contributed by atoms with E-state index in [-0.39, 0.29) is 0 Å². The maximum Gasteiger partial charge on any atom is 0.0886 e. The predicted molar refractivity (Wildman–Crippen MR) is 96.7 cm³/mol. The molecule has 4 heterocycles. The summed E-state index contributed by atoms with van der Waals surface area (Å²) in [7, 11) is 4.40. The maximum absolute atomic E-state index is 4.67. The van der Waals surface area contributed by atoms with Gasteiger partial charge in [-0.05, 0) is 76.1 Å². The van der Waals surface area contributed by atoms with Crippen molar-refractivity contribution in [2.24, 2.45) is 0 Å². The molecule has 0 amide bonds. The van der Waals surface area contributed by atoms with Gasteiger partial charge in [-0.15, -0.1) is 0 Å². The number of rotatable bonds is 3. The standard InChI is InChI=1S/C20H26N4/c1-23-11-3-5-19(23)15-7-9-17(21-13-15)18-10-8-16(14-22-18)20-6-4-12-24(20)2/h7-10,13-14,19-20H,3-6,11-12H2,1-2H3/t19-,20?/m0/s1. The van der Waals surface area contributed by atoms with Gasteiger partial charge in [-0.25, -0.2) is 0 Å². The Morgan fingerprint density at radius 3 is 1.50 bits per heavy atom. The van der Waals surface area contributed by atoms with E-state index >= 15 is 0 Å². The van der Waals surface area contributed by atoms with Crippen molar-refractivity contribution >= 4 is 0 Å². The van der Waals surface area contributed by atoms with E-state index in [4.69, 9.17) is 0 Å². The first-order valence-corrected chi connectivity index (χ1v) is 9.05. The van der Waals surface area contributed by atoms with Crippen molar-refractivity contribution in [1.82, 2.24) is 19.8 Å². The fourth-order valence-electron chi connectivity index (χ4n) is 4.17. The molecule has 1 unspecified atom stereocenters. The van der Waals surface area contributed by atoms with Crippen LogP contribution in [-0.4, -0.2) is 47.0 Å². The van der Waals surface area contributed by atoms with Crippen LogP contribution in [0.4, 0.5) is 0 Å². The van der Waals surface area contributed by atoms with Crippen LogP contribution in [0.25, 0.3) is 11.4 Å². The van der Waals surface area contributed by atoms with Crippen LogP contribution in [0.15, 0.2) is 36.7 Å². The van der Waals surface area contributed by atoms with Gasteiger partial charge in [-0.3, -0.25) is 19.8 Å². The first-order chi connectivity index (χ1) is 11.7. The van der Waals surface area contributed by atoms with Gasteiger partial charge in [0.05, 0.1) is 11.4 Å². The number of pyridine rings is 2. The fourth-order valence-corrected chi connectivity index (χ4v) is 4.17. The molecule has 0 aromatic carbocycles. The van der Waals surface area contributed by atoms with E-state index in [9.17, 15) is 0 Å². The quantitative estimate of drug-likeness (QED) is 0.863.